The second-order valence-corrected chi connectivity index (χ2v) is 34.2. The Labute approximate surface area is 569 Å². The predicted molar refractivity (Wildman–Crippen MR) is 398 cm³/mol. The van der Waals surface area contributed by atoms with Crippen molar-refractivity contribution in [1.29, 1.82) is 0 Å². The van der Waals surface area contributed by atoms with Gasteiger partial charge in [-0.05, 0) is 340 Å². The van der Waals surface area contributed by atoms with Gasteiger partial charge in [0.25, 0.3) is 0 Å². The first kappa shape index (κ1) is 75.3. The Kier molecular flexibility index (Phi) is 32.1. The molecule has 0 aromatic heterocycles. The largest absolute Gasteiger partial charge is 0.203 e. The lowest BCUT2D eigenvalue weighted by atomic mass is 9.68. The summed E-state index contributed by atoms with van der Waals surface area (Å²) in [5.74, 6) is 13.9. The number of unbranched alkanes of at least 4 members (excludes halogenated alkanes) is 4. The minimum absolute atomic E-state index is 0.215. The second kappa shape index (κ2) is 39.2. The molecule has 0 radical (unpaired) electrons. The van der Waals surface area contributed by atoms with E-state index in [1.807, 2.05) is 6.07 Å². The molecule has 8 saturated carbocycles. The number of rotatable bonds is 19. The highest BCUT2D eigenvalue weighted by Crippen LogP contribution is 2.49. The van der Waals surface area contributed by atoms with Crippen molar-refractivity contribution in [1.82, 2.24) is 0 Å². The molecule has 8 aliphatic rings. The van der Waals surface area contributed by atoms with Crippen LogP contribution in [-0.4, -0.2) is 0 Å². The molecule has 0 bridgehead atoms. The molecule has 8 fully saturated rings. The molecule has 0 nitrogen and oxygen atoms in total. The molecule has 0 aliphatic heterocycles. The summed E-state index contributed by atoms with van der Waals surface area (Å²) in [6.45, 7) is 27.1. The molecule has 0 unspecified atom stereocenters. The summed E-state index contributed by atoms with van der Waals surface area (Å²) < 4.78 is 28.2. The van der Waals surface area contributed by atoms with Gasteiger partial charge in [0, 0.05) is 0 Å². The highest BCUT2D eigenvalue weighted by Gasteiger charge is 2.36. The van der Waals surface area contributed by atoms with Crippen LogP contribution in [0.2, 0.25) is 0 Å². The average molecular weight is 1270 g/mol. The normalized spacial score (nSPS) is 32.0. The predicted octanol–water partition coefficient (Wildman–Crippen LogP) is 29.1. The number of halogens is 2. The molecule has 0 spiro atoms. The number of hydrogen-bond donors (Lipinski definition) is 0. The standard InChI is InChI=1S/C26H42.C24H36F2.C24H38.C16H30/c1-5-6-7-8-22-9-11-23(12-10-22)24-13-15-25(16-14-24)26-17-19(2)21(4)20(3)18-26;1-3-4-5-6-18-8-10-19(11-9-18)20-12-14-21(15-13-20)22-16-7-17(2)23(25)24(22)26;1-5-6-20-7-9-21(10-8-20)22-11-13-23(14-12-22)24-15-17(2)19(4)18(3)16-24;1-3-4-14-7-11-16(12-8-14)15-9-5-13(2)6-10-15/h17-18,22-25H,5-16H2,1-4H3;7,16,18-21H,3-6,8-15H2,1-2H3;15-16,20-23H,5-14H2,1-4H3;13-16H,3-12H2,1-2H3. The third kappa shape index (κ3) is 22.5. The van der Waals surface area contributed by atoms with Gasteiger partial charge in [-0.2, -0.15) is 0 Å². The molecular formula is C90H146F2. The van der Waals surface area contributed by atoms with E-state index in [9.17, 15) is 8.78 Å². The molecule has 3 aromatic carbocycles. The second-order valence-electron chi connectivity index (χ2n) is 34.2. The van der Waals surface area contributed by atoms with E-state index in [1.165, 1.54) is 265 Å². The molecular weight excluding hydrogens is 1120 g/mol. The van der Waals surface area contributed by atoms with Crippen molar-refractivity contribution in [2.45, 2.75) is 383 Å². The summed E-state index contributed by atoms with van der Waals surface area (Å²) in [4.78, 5) is 0. The Hall–Kier alpha value is -2.48. The van der Waals surface area contributed by atoms with E-state index in [0.29, 0.717) is 11.1 Å². The molecule has 0 N–H and O–H groups in total. The summed E-state index contributed by atoms with van der Waals surface area (Å²) in [5.41, 5.74) is 13.2. The Bertz CT molecular complexity index is 2460. The molecule has 92 heavy (non-hydrogen) atoms. The lowest BCUT2D eigenvalue weighted by molar-refractivity contribution is 0.147. The van der Waals surface area contributed by atoms with Gasteiger partial charge >= 0.3 is 0 Å². The molecule has 8 aliphatic carbocycles. The van der Waals surface area contributed by atoms with E-state index < -0.39 is 11.6 Å². The van der Waals surface area contributed by atoms with Gasteiger partial charge in [-0.25, -0.2) is 8.78 Å². The monoisotopic (exact) mass is 1270 g/mol. The summed E-state index contributed by atoms with van der Waals surface area (Å²) in [7, 11) is 0. The van der Waals surface area contributed by atoms with Gasteiger partial charge in [0.1, 0.15) is 0 Å². The third-order valence-corrected chi connectivity index (χ3v) is 28.0. The number of benzene rings is 3. The van der Waals surface area contributed by atoms with Gasteiger partial charge in [0.15, 0.2) is 11.6 Å². The molecule has 11 rings (SSSR count). The fourth-order valence-electron chi connectivity index (χ4n) is 21.1. The van der Waals surface area contributed by atoms with Gasteiger partial charge in [0.2, 0.25) is 0 Å². The minimum Gasteiger partial charge on any atom is -0.203 e. The van der Waals surface area contributed by atoms with Crippen LogP contribution < -0.4 is 0 Å². The van der Waals surface area contributed by atoms with Gasteiger partial charge in [-0.3, -0.25) is 0 Å². The van der Waals surface area contributed by atoms with Crippen molar-refractivity contribution in [2.24, 2.45) is 76.9 Å². The van der Waals surface area contributed by atoms with Gasteiger partial charge in [0.05, 0.1) is 0 Å². The Morgan fingerprint density at radius 2 is 0.554 bits per heavy atom. The molecule has 0 amide bonds. The van der Waals surface area contributed by atoms with Crippen LogP contribution >= 0.6 is 0 Å². The maximum atomic E-state index is 14.3. The topological polar surface area (TPSA) is 0 Å². The first-order valence-corrected chi connectivity index (χ1v) is 41.2. The summed E-state index contributed by atoms with van der Waals surface area (Å²) in [6.07, 6.45) is 63.5. The van der Waals surface area contributed by atoms with Crippen molar-refractivity contribution in [3.8, 4) is 0 Å². The van der Waals surface area contributed by atoms with Crippen molar-refractivity contribution in [2.75, 3.05) is 0 Å². The van der Waals surface area contributed by atoms with Crippen LogP contribution in [0.25, 0.3) is 0 Å². The maximum Gasteiger partial charge on any atom is 0.162 e. The van der Waals surface area contributed by atoms with E-state index in [1.54, 1.807) is 62.6 Å². The summed E-state index contributed by atoms with van der Waals surface area (Å²) >= 11 is 0. The van der Waals surface area contributed by atoms with Crippen LogP contribution in [0, 0.1) is 137 Å². The molecule has 3 aromatic rings. The Morgan fingerprint density at radius 1 is 0.283 bits per heavy atom. The highest BCUT2D eigenvalue weighted by molar-refractivity contribution is 5.39. The van der Waals surface area contributed by atoms with Gasteiger partial charge < -0.3 is 0 Å². The highest BCUT2D eigenvalue weighted by atomic mass is 19.2. The van der Waals surface area contributed by atoms with Crippen molar-refractivity contribution in [3.63, 3.8) is 0 Å². The van der Waals surface area contributed by atoms with Crippen LogP contribution in [-0.2, 0) is 0 Å². The smallest absolute Gasteiger partial charge is 0.162 e. The van der Waals surface area contributed by atoms with E-state index in [-0.39, 0.29) is 5.92 Å². The quantitative estimate of drug-likeness (QED) is 0.105. The fourth-order valence-corrected chi connectivity index (χ4v) is 21.1. The minimum atomic E-state index is -0.647. The third-order valence-electron chi connectivity index (χ3n) is 28.0. The van der Waals surface area contributed by atoms with Crippen LogP contribution in [0.4, 0.5) is 8.78 Å². The van der Waals surface area contributed by atoms with Crippen molar-refractivity contribution >= 4 is 0 Å². The fraction of sp³-hybridized carbons (Fsp3) is 0.800. The zero-order valence-corrected chi connectivity index (χ0v) is 62.6. The number of aryl methyl sites for hydroxylation is 5. The van der Waals surface area contributed by atoms with E-state index in [4.69, 9.17) is 0 Å². The molecule has 0 heterocycles. The van der Waals surface area contributed by atoms with Gasteiger partial charge in [-0.15, -0.1) is 0 Å². The van der Waals surface area contributed by atoms with E-state index in [0.717, 1.165) is 102 Å². The SMILES string of the molecule is CCCC1CCC(C2CCC(C)CC2)CC1.CCCC1CCC(C2CCC(c3cc(C)c(C)c(C)c3)CC2)CC1.CCCCCC1CCC(C2CCC(c3cc(C)c(C)c(C)c3)CC2)CC1.CCCCCC1CCC(C2CCC(c3ccc(C)c(F)c3F)CC2)CC1. The molecule has 0 saturated heterocycles. The number of hydrogen-bond acceptors (Lipinski definition) is 0. The van der Waals surface area contributed by atoms with Crippen LogP contribution in [0.5, 0.6) is 0 Å². The average Bonchev–Trinajstić information content (AvgIpc) is 1.98. The van der Waals surface area contributed by atoms with Crippen LogP contribution in [0.15, 0.2) is 36.4 Å². The van der Waals surface area contributed by atoms with Crippen LogP contribution in [0.1, 0.15) is 391 Å². The summed E-state index contributed by atoms with van der Waals surface area (Å²) in [5, 5.41) is 0. The first-order valence-electron chi connectivity index (χ1n) is 41.2. The molecule has 2 heteroatoms. The van der Waals surface area contributed by atoms with Crippen LogP contribution in [0.3, 0.4) is 0 Å². The van der Waals surface area contributed by atoms with Crippen molar-refractivity contribution in [3.05, 3.63) is 104 Å². The zero-order valence-electron chi connectivity index (χ0n) is 62.6. The lowest BCUT2D eigenvalue weighted by Gasteiger charge is -2.38. The maximum absolute atomic E-state index is 14.3. The lowest BCUT2D eigenvalue weighted by Crippen LogP contribution is -2.25. The first-order chi connectivity index (χ1) is 44.5. The van der Waals surface area contributed by atoms with Crippen molar-refractivity contribution < 1.29 is 8.78 Å². The van der Waals surface area contributed by atoms with E-state index in [2.05, 4.69) is 100 Å². The molecule has 520 valence electrons. The summed E-state index contributed by atoms with van der Waals surface area (Å²) in [6, 6.07) is 13.5. The zero-order chi connectivity index (χ0) is 65.5. The Morgan fingerprint density at radius 3 is 0.848 bits per heavy atom. The molecule has 0 atom stereocenters. The van der Waals surface area contributed by atoms with E-state index >= 15 is 0 Å². The Balaban J connectivity index is 0.000000160. The van der Waals surface area contributed by atoms with Gasteiger partial charge in [-0.1, -0.05) is 212 Å².